The first-order chi connectivity index (χ1) is 13.5. The highest BCUT2D eigenvalue weighted by molar-refractivity contribution is 7.14. The van der Waals surface area contributed by atoms with Crippen LogP contribution in [0.5, 0.6) is 0 Å². The summed E-state index contributed by atoms with van der Waals surface area (Å²) >= 11 is 1.43. The molecule has 2 aromatic heterocycles. The van der Waals surface area contributed by atoms with Gasteiger partial charge in [-0.3, -0.25) is 20.0 Å². The second-order valence-corrected chi connectivity index (χ2v) is 8.40. The van der Waals surface area contributed by atoms with Crippen molar-refractivity contribution in [1.82, 2.24) is 14.9 Å². The lowest BCUT2D eigenvalue weighted by atomic mass is 10.0. The first-order valence-electron chi connectivity index (χ1n) is 9.53. The Morgan fingerprint density at radius 3 is 3.04 bits per heavy atom. The molecule has 0 aliphatic carbocycles. The zero-order chi connectivity index (χ0) is 19.7. The van der Waals surface area contributed by atoms with Crippen LogP contribution in [0.1, 0.15) is 41.5 Å². The Labute approximate surface area is 167 Å². The van der Waals surface area contributed by atoms with Gasteiger partial charge in [0, 0.05) is 29.9 Å². The van der Waals surface area contributed by atoms with Gasteiger partial charge in [-0.2, -0.15) is 0 Å². The Morgan fingerprint density at radius 2 is 2.21 bits per heavy atom. The maximum atomic E-state index is 13.4. The van der Waals surface area contributed by atoms with E-state index in [4.69, 9.17) is 0 Å². The summed E-state index contributed by atoms with van der Waals surface area (Å²) in [5, 5.41) is 6.20. The maximum absolute atomic E-state index is 13.4. The molecule has 0 spiro atoms. The third kappa shape index (κ3) is 4.20. The number of pyridine rings is 1. The number of hydrogen-bond acceptors (Lipinski definition) is 5. The fraction of sp³-hybridized carbons (Fsp3) is 0.381. The van der Waals surface area contributed by atoms with Crippen LogP contribution in [0.3, 0.4) is 0 Å². The predicted octanol–water partition coefficient (Wildman–Crippen LogP) is 4.62. The minimum atomic E-state index is -0.338. The summed E-state index contributed by atoms with van der Waals surface area (Å²) in [6, 6.07) is 6.12. The topological polar surface area (TPSA) is 58.1 Å². The minimum Gasteiger partial charge on any atom is -0.298 e. The quantitative estimate of drug-likeness (QED) is 0.697. The highest BCUT2D eigenvalue weighted by Gasteiger charge is 2.18. The van der Waals surface area contributed by atoms with Crippen LogP contribution in [0.2, 0.25) is 0 Å². The lowest BCUT2D eigenvalue weighted by Gasteiger charge is -2.30. The number of thiazole rings is 1. The average molecular weight is 399 g/mol. The number of benzene rings is 1. The molecule has 1 fully saturated rings. The van der Waals surface area contributed by atoms with E-state index in [1.807, 2.05) is 5.38 Å². The lowest BCUT2D eigenvalue weighted by molar-refractivity contribution is 0.102. The minimum absolute atomic E-state index is 0.247. The zero-order valence-corrected chi connectivity index (χ0v) is 16.9. The Bertz CT molecular complexity index is 1020. The molecule has 1 aliphatic heterocycles. The number of carbonyl (C=O) groups is 1. The van der Waals surface area contributed by atoms with E-state index < -0.39 is 0 Å². The number of anilines is 1. The van der Waals surface area contributed by atoms with E-state index >= 15 is 0 Å². The molecule has 5 nitrogen and oxygen atoms in total. The lowest BCUT2D eigenvalue weighted by Crippen LogP contribution is -2.33. The number of aromatic nitrogens is 2. The van der Waals surface area contributed by atoms with Gasteiger partial charge in [-0.15, -0.1) is 11.3 Å². The van der Waals surface area contributed by atoms with Crippen LogP contribution >= 0.6 is 11.3 Å². The molecule has 1 aliphatic rings. The van der Waals surface area contributed by atoms with Gasteiger partial charge in [-0.25, -0.2) is 9.37 Å². The standard InChI is InChI=1S/C21H23FN4OS/c1-13-4-3-7-26(10-13)11-17-12-28-21(24-17)25-20(27)18-8-15-5-6-16(22)9-19(15)23-14(18)2/h5-6,8-9,12-13H,3-4,7,10-11H2,1-2H3,(H,24,25,27)/t13-/m0/s1. The van der Waals surface area contributed by atoms with Crippen molar-refractivity contribution in [2.24, 2.45) is 5.92 Å². The number of nitrogens with one attached hydrogen (secondary N) is 1. The molecule has 0 radical (unpaired) electrons. The van der Waals surface area contributed by atoms with Crippen molar-refractivity contribution < 1.29 is 9.18 Å². The van der Waals surface area contributed by atoms with Gasteiger partial charge in [0.05, 0.1) is 22.5 Å². The molecule has 1 aromatic carbocycles. The third-order valence-corrected chi connectivity index (χ3v) is 5.92. The highest BCUT2D eigenvalue weighted by Crippen LogP contribution is 2.23. The number of fused-ring (bicyclic) bond motifs is 1. The molecule has 7 heteroatoms. The molecule has 1 saturated heterocycles. The smallest absolute Gasteiger partial charge is 0.259 e. The molecule has 1 N–H and O–H groups in total. The number of piperidine rings is 1. The first kappa shape index (κ1) is 19.0. The number of hydrogen-bond donors (Lipinski definition) is 1. The molecule has 1 atom stereocenters. The van der Waals surface area contributed by atoms with Crippen molar-refractivity contribution in [3.63, 3.8) is 0 Å². The van der Waals surface area contributed by atoms with E-state index in [1.165, 1.54) is 36.3 Å². The van der Waals surface area contributed by atoms with Gasteiger partial charge in [0.25, 0.3) is 5.91 Å². The van der Waals surface area contributed by atoms with Crippen molar-refractivity contribution in [2.45, 2.75) is 33.2 Å². The largest absolute Gasteiger partial charge is 0.298 e. The molecule has 0 unspecified atom stereocenters. The molecule has 28 heavy (non-hydrogen) atoms. The van der Waals surface area contributed by atoms with E-state index in [-0.39, 0.29) is 11.7 Å². The number of amides is 1. The monoisotopic (exact) mass is 398 g/mol. The van der Waals surface area contributed by atoms with Gasteiger partial charge in [0.1, 0.15) is 5.82 Å². The fourth-order valence-corrected chi connectivity index (χ4v) is 4.42. The summed E-state index contributed by atoms with van der Waals surface area (Å²) < 4.78 is 13.4. The Balaban J connectivity index is 1.46. The Kier molecular flexibility index (Phi) is 5.37. The normalized spacial score (nSPS) is 17.8. The zero-order valence-electron chi connectivity index (χ0n) is 16.0. The predicted molar refractivity (Wildman–Crippen MR) is 110 cm³/mol. The Hall–Kier alpha value is -2.38. The highest BCUT2D eigenvalue weighted by atomic mass is 32.1. The van der Waals surface area contributed by atoms with Crippen molar-refractivity contribution in [3.05, 3.63) is 52.4 Å². The van der Waals surface area contributed by atoms with Crippen LogP contribution in [-0.2, 0) is 6.54 Å². The number of halogens is 1. The molecular weight excluding hydrogens is 375 g/mol. The van der Waals surface area contributed by atoms with Crippen LogP contribution in [0, 0.1) is 18.7 Å². The number of rotatable bonds is 4. The number of nitrogens with zero attached hydrogens (tertiary/aromatic N) is 3. The van der Waals surface area contributed by atoms with Gasteiger partial charge in [-0.1, -0.05) is 6.92 Å². The van der Waals surface area contributed by atoms with Gasteiger partial charge >= 0.3 is 0 Å². The van der Waals surface area contributed by atoms with Crippen LogP contribution in [0.25, 0.3) is 10.9 Å². The van der Waals surface area contributed by atoms with E-state index in [2.05, 4.69) is 27.1 Å². The second kappa shape index (κ2) is 7.93. The van der Waals surface area contributed by atoms with Crippen LogP contribution in [0.15, 0.2) is 29.6 Å². The molecule has 4 rings (SSSR count). The molecule has 3 heterocycles. The van der Waals surface area contributed by atoms with E-state index in [0.717, 1.165) is 36.6 Å². The molecule has 1 amide bonds. The van der Waals surface area contributed by atoms with Gasteiger partial charge in [-0.05, 0) is 50.4 Å². The van der Waals surface area contributed by atoms with Crippen LogP contribution in [0.4, 0.5) is 9.52 Å². The number of aryl methyl sites for hydroxylation is 1. The number of carbonyl (C=O) groups excluding carboxylic acids is 1. The molecule has 3 aromatic rings. The van der Waals surface area contributed by atoms with Gasteiger partial charge in [0.2, 0.25) is 0 Å². The van der Waals surface area contributed by atoms with Crippen molar-refractivity contribution >= 4 is 33.3 Å². The first-order valence-corrected chi connectivity index (χ1v) is 10.4. The SMILES string of the molecule is Cc1nc2cc(F)ccc2cc1C(=O)Nc1nc(CN2CCC[C@H](C)C2)cs1. The molecule has 146 valence electrons. The van der Waals surface area contributed by atoms with E-state index in [1.54, 1.807) is 19.1 Å². The van der Waals surface area contributed by atoms with Crippen LogP contribution in [-0.4, -0.2) is 33.9 Å². The van der Waals surface area contributed by atoms with E-state index in [0.29, 0.717) is 21.9 Å². The van der Waals surface area contributed by atoms with E-state index in [9.17, 15) is 9.18 Å². The Morgan fingerprint density at radius 1 is 1.36 bits per heavy atom. The summed E-state index contributed by atoms with van der Waals surface area (Å²) in [4.78, 5) is 24.1. The molecule has 0 bridgehead atoms. The van der Waals surface area contributed by atoms with Crippen molar-refractivity contribution in [2.75, 3.05) is 18.4 Å². The molecular formula is C21H23FN4OS. The maximum Gasteiger partial charge on any atom is 0.259 e. The number of likely N-dealkylation sites (tertiary alicyclic amines) is 1. The summed E-state index contributed by atoms with van der Waals surface area (Å²) in [5.74, 6) is 0.141. The van der Waals surface area contributed by atoms with Crippen LogP contribution < -0.4 is 5.32 Å². The average Bonchev–Trinajstić information content (AvgIpc) is 3.07. The summed E-state index contributed by atoms with van der Waals surface area (Å²) in [5.41, 5.74) is 2.56. The fourth-order valence-electron chi connectivity index (χ4n) is 3.73. The second-order valence-electron chi connectivity index (χ2n) is 7.54. The summed E-state index contributed by atoms with van der Waals surface area (Å²) in [6.45, 7) is 7.06. The summed E-state index contributed by atoms with van der Waals surface area (Å²) in [7, 11) is 0. The van der Waals surface area contributed by atoms with Crippen molar-refractivity contribution in [1.29, 1.82) is 0 Å². The van der Waals surface area contributed by atoms with Gasteiger partial charge in [0.15, 0.2) is 5.13 Å². The van der Waals surface area contributed by atoms with Gasteiger partial charge < -0.3 is 0 Å². The third-order valence-electron chi connectivity index (χ3n) is 5.11. The molecule has 0 saturated carbocycles. The van der Waals surface area contributed by atoms with Crippen molar-refractivity contribution in [3.8, 4) is 0 Å². The summed E-state index contributed by atoms with van der Waals surface area (Å²) in [6.07, 6.45) is 2.52.